The summed E-state index contributed by atoms with van der Waals surface area (Å²) < 4.78 is 5.30. The van der Waals surface area contributed by atoms with Gasteiger partial charge in [-0.2, -0.15) is 0 Å². The van der Waals surface area contributed by atoms with E-state index >= 15 is 0 Å². The molecular formula is C12H22N2O3. The Morgan fingerprint density at radius 3 is 2.24 bits per heavy atom. The number of carbonyl (C=O) groups is 2. The van der Waals surface area contributed by atoms with Crippen LogP contribution in [0.1, 0.15) is 34.6 Å². The topological polar surface area (TPSA) is 49.9 Å². The molecule has 1 saturated heterocycles. The average molecular weight is 242 g/mol. The van der Waals surface area contributed by atoms with E-state index in [0.29, 0.717) is 19.6 Å². The van der Waals surface area contributed by atoms with Crippen molar-refractivity contribution in [1.82, 2.24) is 9.80 Å². The molecule has 0 radical (unpaired) electrons. The summed E-state index contributed by atoms with van der Waals surface area (Å²) >= 11 is 0. The van der Waals surface area contributed by atoms with Crippen LogP contribution in [0.3, 0.4) is 0 Å². The van der Waals surface area contributed by atoms with Crippen LogP contribution in [-0.4, -0.2) is 53.1 Å². The Hall–Kier alpha value is -1.26. The standard InChI is InChI=1S/C12H22N2O3/c1-9-8-13(6-7-14(9)10(2)15)11(16)17-12(3,4)5/h9H,6-8H2,1-5H3/t9-/m0/s1. The summed E-state index contributed by atoms with van der Waals surface area (Å²) in [6.07, 6.45) is -0.299. The van der Waals surface area contributed by atoms with Crippen molar-refractivity contribution in [3.05, 3.63) is 0 Å². The largest absolute Gasteiger partial charge is 0.444 e. The molecule has 1 fully saturated rings. The van der Waals surface area contributed by atoms with Gasteiger partial charge in [-0.15, -0.1) is 0 Å². The van der Waals surface area contributed by atoms with Crippen LogP contribution in [-0.2, 0) is 9.53 Å². The smallest absolute Gasteiger partial charge is 0.410 e. The number of hydrogen-bond acceptors (Lipinski definition) is 3. The van der Waals surface area contributed by atoms with Crippen LogP contribution >= 0.6 is 0 Å². The monoisotopic (exact) mass is 242 g/mol. The first-order valence-corrected chi connectivity index (χ1v) is 5.96. The van der Waals surface area contributed by atoms with E-state index in [1.165, 1.54) is 0 Å². The van der Waals surface area contributed by atoms with Crippen molar-refractivity contribution < 1.29 is 14.3 Å². The summed E-state index contributed by atoms with van der Waals surface area (Å²) in [5.74, 6) is 0.0568. The second-order valence-electron chi connectivity index (χ2n) is 5.49. The fourth-order valence-electron chi connectivity index (χ4n) is 1.92. The first-order chi connectivity index (χ1) is 7.70. The van der Waals surface area contributed by atoms with Crippen LogP contribution in [0.25, 0.3) is 0 Å². The number of hydrogen-bond donors (Lipinski definition) is 0. The Kier molecular flexibility index (Phi) is 4.01. The molecule has 98 valence electrons. The number of carbonyl (C=O) groups excluding carboxylic acids is 2. The predicted molar refractivity (Wildman–Crippen MR) is 64.7 cm³/mol. The fraction of sp³-hybridized carbons (Fsp3) is 0.833. The van der Waals surface area contributed by atoms with Gasteiger partial charge in [-0.3, -0.25) is 4.79 Å². The molecular weight excluding hydrogens is 220 g/mol. The zero-order valence-electron chi connectivity index (χ0n) is 11.3. The van der Waals surface area contributed by atoms with Crippen molar-refractivity contribution in [1.29, 1.82) is 0 Å². The Balaban J connectivity index is 2.55. The van der Waals surface area contributed by atoms with Gasteiger partial charge in [0.15, 0.2) is 0 Å². The third-order valence-electron chi connectivity index (χ3n) is 2.68. The first kappa shape index (κ1) is 13.8. The molecule has 0 aromatic heterocycles. The zero-order valence-corrected chi connectivity index (χ0v) is 11.3. The summed E-state index contributed by atoms with van der Waals surface area (Å²) in [7, 11) is 0. The molecule has 0 aromatic rings. The van der Waals surface area contributed by atoms with E-state index in [1.807, 2.05) is 27.7 Å². The van der Waals surface area contributed by atoms with Crippen molar-refractivity contribution in [3.63, 3.8) is 0 Å². The van der Waals surface area contributed by atoms with Crippen LogP contribution in [0.15, 0.2) is 0 Å². The SMILES string of the molecule is CC(=O)N1CCN(C(=O)OC(C)(C)C)C[C@@H]1C. The Labute approximate surface area is 103 Å². The minimum Gasteiger partial charge on any atom is -0.444 e. The lowest BCUT2D eigenvalue weighted by Gasteiger charge is -2.39. The van der Waals surface area contributed by atoms with Gasteiger partial charge < -0.3 is 14.5 Å². The summed E-state index contributed by atoms with van der Waals surface area (Å²) in [4.78, 5) is 26.6. The van der Waals surface area contributed by atoms with Gasteiger partial charge in [0.2, 0.25) is 5.91 Å². The predicted octanol–water partition coefficient (Wildman–Crippen LogP) is 1.47. The molecule has 0 spiro atoms. The maximum absolute atomic E-state index is 11.8. The number of rotatable bonds is 0. The van der Waals surface area contributed by atoms with E-state index in [-0.39, 0.29) is 18.0 Å². The Morgan fingerprint density at radius 2 is 1.82 bits per heavy atom. The van der Waals surface area contributed by atoms with Crippen molar-refractivity contribution >= 4 is 12.0 Å². The summed E-state index contributed by atoms with van der Waals surface area (Å²) in [5.41, 5.74) is -0.474. The van der Waals surface area contributed by atoms with E-state index in [2.05, 4.69) is 0 Å². The molecule has 0 aromatic carbocycles. The van der Waals surface area contributed by atoms with Crippen LogP contribution < -0.4 is 0 Å². The second-order valence-corrected chi connectivity index (χ2v) is 5.49. The lowest BCUT2D eigenvalue weighted by Crippen LogP contribution is -2.55. The molecule has 0 bridgehead atoms. The summed E-state index contributed by atoms with van der Waals surface area (Å²) in [5, 5.41) is 0. The number of amides is 2. The number of nitrogens with zero attached hydrogens (tertiary/aromatic N) is 2. The molecule has 17 heavy (non-hydrogen) atoms. The summed E-state index contributed by atoms with van der Waals surface area (Å²) in [6.45, 7) is 10.7. The third kappa shape index (κ3) is 3.91. The normalized spacial score (nSPS) is 21.4. The Bertz CT molecular complexity index is 309. The van der Waals surface area contributed by atoms with Crippen LogP contribution in [0.5, 0.6) is 0 Å². The minimum atomic E-state index is -0.474. The molecule has 0 saturated carbocycles. The molecule has 1 heterocycles. The molecule has 5 nitrogen and oxygen atoms in total. The highest BCUT2D eigenvalue weighted by atomic mass is 16.6. The lowest BCUT2D eigenvalue weighted by atomic mass is 10.2. The molecule has 2 amide bonds. The van der Waals surface area contributed by atoms with Gasteiger partial charge in [0.05, 0.1) is 0 Å². The highest BCUT2D eigenvalue weighted by molar-refractivity contribution is 5.74. The van der Waals surface area contributed by atoms with E-state index in [9.17, 15) is 9.59 Å². The summed E-state index contributed by atoms with van der Waals surface area (Å²) in [6, 6.07) is 0.0498. The van der Waals surface area contributed by atoms with Crippen molar-refractivity contribution in [3.8, 4) is 0 Å². The second kappa shape index (κ2) is 4.94. The van der Waals surface area contributed by atoms with Gasteiger partial charge in [0.25, 0.3) is 0 Å². The van der Waals surface area contributed by atoms with Crippen LogP contribution in [0.4, 0.5) is 4.79 Å². The zero-order chi connectivity index (χ0) is 13.2. The van der Waals surface area contributed by atoms with Gasteiger partial charge >= 0.3 is 6.09 Å². The van der Waals surface area contributed by atoms with Gasteiger partial charge in [-0.05, 0) is 27.7 Å². The number of piperazine rings is 1. The molecule has 1 aliphatic heterocycles. The van der Waals surface area contributed by atoms with E-state index in [0.717, 1.165) is 0 Å². The average Bonchev–Trinajstić information content (AvgIpc) is 2.14. The van der Waals surface area contributed by atoms with Crippen LogP contribution in [0, 0.1) is 0 Å². The maximum Gasteiger partial charge on any atom is 0.410 e. The van der Waals surface area contributed by atoms with Crippen molar-refractivity contribution in [2.45, 2.75) is 46.3 Å². The van der Waals surface area contributed by atoms with E-state index in [1.54, 1.807) is 16.7 Å². The molecule has 1 aliphatic rings. The highest BCUT2D eigenvalue weighted by Gasteiger charge is 2.30. The molecule has 1 rings (SSSR count). The van der Waals surface area contributed by atoms with Crippen molar-refractivity contribution in [2.75, 3.05) is 19.6 Å². The van der Waals surface area contributed by atoms with Crippen molar-refractivity contribution in [2.24, 2.45) is 0 Å². The van der Waals surface area contributed by atoms with E-state index in [4.69, 9.17) is 4.74 Å². The van der Waals surface area contributed by atoms with Gasteiger partial charge in [-0.1, -0.05) is 0 Å². The molecule has 0 N–H and O–H groups in total. The highest BCUT2D eigenvalue weighted by Crippen LogP contribution is 2.14. The minimum absolute atomic E-state index is 0.0498. The van der Waals surface area contributed by atoms with Crippen LogP contribution in [0.2, 0.25) is 0 Å². The van der Waals surface area contributed by atoms with E-state index < -0.39 is 5.60 Å². The number of ether oxygens (including phenoxy) is 1. The van der Waals surface area contributed by atoms with Gasteiger partial charge in [0, 0.05) is 32.6 Å². The Morgan fingerprint density at radius 1 is 1.24 bits per heavy atom. The molecule has 5 heteroatoms. The van der Waals surface area contributed by atoms with Gasteiger partial charge in [-0.25, -0.2) is 4.79 Å². The molecule has 0 aliphatic carbocycles. The van der Waals surface area contributed by atoms with Gasteiger partial charge in [0.1, 0.15) is 5.60 Å². The molecule has 0 unspecified atom stereocenters. The fourth-order valence-corrected chi connectivity index (χ4v) is 1.92. The maximum atomic E-state index is 11.8. The third-order valence-corrected chi connectivity index (χ3v) is 2.68. The molecule has 1 atom stereocenters. The quantitative estimate of drug-likeness (QED) is 0.646. The first-order valence-electron chi connectivity index (χ1n) is 5.96. The lowest BCUT2D eigenvalue weighted by molar-refractivity contribution is -0.133.